The summed E-state index contributed by atoms with van der Waals surface area (Å²) < 4.78 is 0. The van der Waals surface area contributed by atoms with Crippen molar-refractivity contribution >= 4 is 11.8 Å². The smallest absolute Gasteiger partial charge is 0.0558 e. The predicted octanol–water partition coefficient (Wildman–Crippen LogP) is 4.22. The number of benzene rings is 3. The van der Waals surface area contributed by atoms with Crippen molar-refractivity contribution in [3.63, 3.8) is 0 Å². The quantitative estimate of drug-likeness (QED) is 0.541. The van der Waals surface area contributed by atoms with E-state index in [1.54, 1.807) is 11.8 Å². The monoisotopic (exact) mass is 393 g/mol. The highest BCUT2D eigenvalue weighted by molar-refractivity contribution is 7.99. The highest BCUT2D eigenvalue weighted by Crippen LogP contribution is 2.27. The van der Waals surface area contributed by atoms with E-state index in [1.807, 2.05) is 6.07 Å². The first-order valence-corrected chi connectivity index (χ1v) is 10.4. The van der Waals surface area contributed by atoms with Crippen molar-refractivity contribution in [3.8, 4) is 0 Å². The van der Waals surface area contributed by atoms with E-state index in [4.69, 9.17) is 10.2 Å². The van der Waals surface area contributed by atoms with E-state index in [9.17, 15) is 0 Å². The molecule has 0 amide bonds. The Morgan fingerprint density at radius 2 is 1.11 bits per heavy atom. The molecule has 0 fully saturated rings. The molecule has 28 heavy (non-hydrogen) atoms. The zero-order chi connectivity index (χ0) is 19.6. The summed E-state index contributed by atoms with van der Waals surface area (Å²) in [5.41, 5.74) is 3.77. The van der Waals surface area contributed by atoms with Crippen molar-refractivity contribution in [1.82, 2.24) is 4.90 Å². The number of aliphatic hydroxyl groups excluding tert-OH is 2. The molecular weight excluding hydrogens is 366 g/mol. The molecule has 0 radical (unpaired) electrons. The van der Waals surface area contributed by atoms with Gasteiger partial charge in [0.05, 0.1) is 13.2 Å². The topological polar surface area (TPSA) is 43.7 Å². The van der Waals surface area contributed by atoms with Crippen LogP contribution in [0.3, 0.4) is 0 Å². The third-order valence-corrected chi connectivity index (χ3v) is 5.59. The van der Waals surface area contributed by atoms with Crippen LogP contribution in [-0.4, -0.2) is 41.4 Å². The first-order valence-electron chi connectivity index (χ1n) is 9.60. The van der Waals surface area contributed by atoms with Crippen molar-refractivity contribution in [2.75, 3.05) is 26.3 Å². The van der Waals surface area contributed by atoms with Gasteiger partial charge in [0.2, 0.25) is 0 Å². The van der Waals surface area contributed by atoms with Crippen LogP contribution in [0, 0.1) is 0 Å². The van der Waals surface area contributed by atoms with Crippen LogP contribution in [0.2, 0.25) is 0 Å². The maximum Gasteiger partial charge on any atom is 0.0558 e. The molecule has 3 rings (SSSR count). The molecule has 0 aliphatic carbocycles. The lowest BCUT2D eigenvalue weighted by molar-refractivity contribution is 0.156. The summed E-state index contributed by atoms with van der Waals surface area (Å²) in [5.74, 6) is 0. The summed E-state index contributed by atoms with van der Waals surface area (Å²) in [6.07, 6.45) is 0.910. The highest BCUT2D eigenvalue weighted by atomic mass is 32.2. The fourth-order valence-electron chi connectivity index (χ4n) is 3.11. The molecule has 0 unspecified atom stereocenters. The Hall–Kier alpha value is -2.11. The maximum absolute atomic E-state index is 9.13. The maximum atomic E-state index is 9.13. The Bertz CT molecular complexity index is 813. The molecule has 0 aliphatic rings. The third-order valence-electron chi connectivity index (χ3n) is 4.57. The summed E-state index contributed by atoms with van der Waals surface area (Å²) >= 11 is 1.78. The minimum absolute atomic E-state index is 0.108. The molecule has 0 bridgehead atoms. The SMILES string of the molecule is OCCN(CCO)Cc1ccc(Cc2ccc(Sc3ccccc3)cc2)cc1. The molecule has 3 aromatic rings. The molecule has 0 aliphatic heterocycles. The van der Waals surface area contributed by atoms with Crippen molar-refractivity contribution < 1.29 is 10.2 Å². The molecule has 3 nitrogen and oxygen atoms in total. The Morgan fingerprint density at radius 1 is 0.607 bits per heavy atom. The lowest BCUT2D eigenvalue weighted by Crippen LogP contribution is -2.29. The van der Waals surface area contributed by atoms with E-state index >= 15 is 0 Å². The minimum Gasteiger partial charge on any atom is -0.395 e. The molecule has 146 valence electrons. The van der Waals surface area contributed by atoms with E-state index in [2.05, 4.69) is 77.7 Å². The van der Waals surface area contributed by atoms with E-state index in [1.165, 1.54) is 26.5 Å². The van der Waals surface area contributed by atoms with Crippen molar-refractivity contribution in [1.29, 1.82) is 0 Å². The molecule has 4 heteroatoms. The van der Waals surface area contributed by atoms with Gasteiger partial charge >= 0.3 is 0 Å². The molecule has 0 saturated heterocycles. The van der Waals surface area contributed by atoms with Gasteiger partial charge in [0, 0.05) is 29.4 Å². The second-order valence-corrected chi connectivity index (χ2v) is 7.92. The van der Waals surface area contributed by atoms with Crippen molar-refractivity contribution in [2.24, 2.45) is 0 Å². The van der Waals surface area contributed by atoms with Gasteiger partial charge in [0.15, 0.2) is 0 Å². The van der Waals surface area contributed by atoms with Crippen LogP contribution in [0.4, 0.5) is 0 Å². The number of rotatable bonds is 10. The molecule has 2 N–H and O–H groups in total. The van der Waals surface area contributed by atoms with Gasteiger partial charge in [0.1, 0.15) is 0 Å². The zero-order valence-corrected chi connectivity index (χ0v) is 16.8. The second kappa shape index (κ2) is 11.0. The molecular formula is C24H27NO2S. The van der Waals surface area contributed by atoms with Crippen LogP contribution >= 0.6 is 11.8 Å². The molecule has 0 aromatic heterocycles. The number of hydrogen-bond acceptors (Lipinski definition) is 4. The van der Waals surface area contributed by atoms with Crippen LogP contribution < -0.4 is 0 Å². The summed E-state index contributed by atoms with van der Waals surface area (Å²) in [5, 5.41) is 18.3. The minimum atomic E-state index is 0.108. The third kappa shape index (κ3) is 6.50. The largest absolute Gasteiger partial charge is 0.395 e. The van der Waals surface area contributed by atoms with Gasteiger partial charge in [-0.2, -0.15) is 0 Å². The van der Waals surface area contributed by atoms with Gasteiger partial charge < -0.3 is 10.2 Å². The normalized spacial score (nSPS) is 11.1. The van der Waals surface area contributed by atoms with Crippen LogP contribution in [0.1, 0.15) is 16.7 Å². The Labute approximate surface area is 171 Å². The van der Waals surface area contributed by atoms with Gasteiger partial charge in [-0.1, -0.05) is 66.4 Å². The van der Waals surface area contributed by atoms with Crippen LogP contribution in [0.5, 0.6) is 0 Å². The van der Waals surface area contributed by atoms with Gasteiger partial charge in [-0.15, -0.1) is 0 Å². The summed E-state index contributed by atoms with van der Waals surface area (Å²) in [6, 6.07) is 27.8. The van der Waals surface area contributed by atoms with E-state index in [-0.39, 0.29) is 13.2 Å². The van der Waals surface area contributed by atoms with Crippen LogP contribution in [0.15, 0.2) is 88.7 Å². The fourth-order valence-corrected chi connectivity index (χ4v) is 3.95. The van der Waals surface area contributed by atoms with Gasteiger partial charge in [-0.05, 0) is 47.4 Å². The first-order chi connectivity index (χ1) is 13.8. The van der Waals surface area contributed by atoms with Gasteiger partial charge in [-0.25, -0.2) is 0 Å². The molecule has 0 saturated carbocycles. The van der Waals surface area contributed by atoms with E-state index in [0.29, 0.717) is 13.1 Å². The van der Waals surface area contributed by atoms with Gasteiger partial charge in [0.25, 0.3) is 0 Å². The Morgan fingerprint density at radius 3 is 1.68 bits per heavy atom. The average molecular weight is 394 g/mol. The zero-order valence-electron chi connectivity index (χ0n) is 16.0. The average Bonchev–Trinajstić information content (AvgIpc) is 2.72. The van der Waals surface area contributed by atoms with Crippen LogP contribution in [-0.2, 0) is 13.0 Å². The standard InChI is InChI=1S/C24H27NO2S/c26-16-14-25(15-17-27)19-22-8-6-20(7-9-22)18-21-10-12-24(13-11-21)28-23-4-2-1-3-5-23/h1-13,26-27H,14-19H2. The highest BCUT2D eigenvalue weighted by Gasteiger charge is 2.05. The molecule has 0 spiro atoms. The molecule has 0 heterocycles. The predicted molar refractivity (Wildman–Crippen MR) is 116 cm³/mol. The van der Waals surface area contributed by atoms with E-state index < -0.39 is 0 Å². The lowest BCUT2D eigenvalue weighted by atomic mass is 10.0. The Balaban J connectivity index is 1.56. The Kier molecular flexibility index (Phi) is 8.12. The lowest BCUT2D eigenvalue weighted by Gasteiger charge is -2.20. The molecule has 0 atom stereocenters. The fraction of sp³-hybridized carbons (Fsp3) is 0.250. The number of nitrogens with zero attached hydrogens (tertiary/aromatic N) is 1. The summed E-state index contributed by atoms with van der Waals surface area (Å²) in [6.45, 7) is 2.12. The summed E-state index contributed by atoms with van der Waals surface area (Å²) in [4.78, 5) is 4.55. The van der Waals surface area contributed by atoms with Crippen LogP contribution in [0.25, 0.3) is 0 Å². The molecule has 3 aromatic carbocycles. The van der Waals surface area contributed by atoms with E-state index in [0.717, 1.165) is 13.0 Å². The number of aliphatic hydroxyl groups is 2. The number of hydrogen-bond donors (Lipinski definition) is 2. The van der Waals surface area contributed by atoms with Crippen molar-refractivity contribution in [2.45, 2.75) is 22.8 Å². The second-order valence-electron chi connectivity index (χ2n) is 6.78. The summed E-state index contributed by atoms with van der Waals surface area (Å²) in [7, 11) is 0. The van der Waals surface area contributed by atoms with Gasteiger partial charge in [-0.3, -0.25) is 4.90 Å². The first kappa shape index (κ1) is 20.6. The van der Waals surface area contributed by atoms with Crippen molar-refractivity contribution in [3.05, 3.63) is 95.6 Å².